The summed E-state index contributed by atoms with van der Waals surface area (Å²) >= 11 is 0. The Balaban J connectivity index is 0.000000219. The first-order chi connectivity index (χ1) is 65.9. The summed E-state index contributed by atoms with van der Waals surface area (Å²) in [7, 11) is 0. The number of ether oxygens (including phenoxy) is 3. The lowest BCUT2D eigenvalue weighted by Gasteiger charge is -2.38. The Morgan fingerprint density at radius 3 is 0.859 bits per heavy atom. The summed E-state index contributed by atoms with van der Waals surface area (Å²) in [5.41, 5.74) is 14.0. The average Bonchev–Trinajstić information content (AvgIpc) is 1.53. The van der Waals surface area contributed by atoms with E-state index in [2.05, 4.69) is 61.7 Å². The van der Waals surface area contributed by atoms with Gasteiger partial charge in [0.25, 0.3) is 17.7 Å². The van der Waals surface area contributed by atoms with Crippen molar-refractivity contribution in [3.8, 4) is 0 Å². The molecule has 3 aliphatic heterocycles. The molecule has 0 bridgehead atoms. The van der Waals surface area contributed by atoms with Crippen LogP contribution in [0.4, 0.5) is 14.4 Å². The van der Waals surface area contributed by atoms with Crippen LogP contribution in [-0.2, 0) is 86.1 Å². The van der Waals surface area contributed by atoms with E-state index in [0.29, 0.717) is 38.9 Å². The lowest BCUT2D eigenvalue weighted by atomic mass is 9.80. The Labute approximate surface area is 836 Å². The summed E-state index contributed by atoms with van der Waals surface area (Å²) in [5.74, 6) is -10.6. The molecule has 36 nitrogen and oxygen atoms in total. The summed E-state index contributed by atoms with van der Waals surface area (Å²) in [5, 5.41) is 24.9. The maximum absolute atomic E-state index is 14.4. The van der Waals surface area contributed by atoms with Crippen LogP contribution < -0.4 is 65.1 Å². The number of primary amides is 3. The number of nitrogens with zero attached hydrogens (tertiary/aromatic N) is 3. The Bertz CT molecular complexity index is 4990. The third-order valence-electron chi connectivity index (χ3n) is 32.0. The molecule has 786 valence electrons. The molecular weight excluding hydrogens is 1820 g/mol. The van der Waals surface area contributed by atoms with Crippen molar-refractivity contribution in [3.63, 3.8) is 0 Å². The standard InChI is InChI=1S/C37H55N5O7.C36H53N5O7.C33H53N5O7/c1-20(22-16-11-10-12-17-22)49-33(47)29(36(5,6)7)41-34(48)40-28(35(2,3)4)32(46)42-19-23-25(37(23,8)9)26(42)31(45)39-24(27(43)30(38)44)18-21-14-13-15-21;1-19(2)26(33(46)48-20(3)22-15-10-9-11-16-22)39-34(47)40-29(35(4,5)6)32(45)41-18-23-25(36(23,7)8)27(41)31(44)38-24(28(42)30(37)43)17-21-13-12-14-21;1-17(2)23(30(43)45-19-13-8-9-14-19)36-31(44)37-26(32(3,4)5)29(42)38-16-20-22(33(20,6)7)24(38)28(41)35-21(25(39)27(34)40)15-18-11-10-12-18/h10-12,16-17,20-21,23-26,28-29H,13-15,18-19H2,1-9H3,(H2,38,44)(H,39,45)(H2,40,41,48);9-11,15-16,19-21,23-27,29H,12-14,17-18H2,1-8H3,(H2,37,43)(H,38,44)(H2,39,40,47);17-24,26H,8-16H2,1-7H3,(H2,34,40)(H,35,41)(H2,36,37,44)/t20-,23-,24?,25-,26-,28+,29+;20-,23+,24?,25+,26+,27+,29-;20-,21?,22-,23-,24-,26+/m010/s1. The molecule has 15 amide bonds. The van der Waals surface area contributed by atoms with Gasteiger partial charge in [0.05, 0.1) is 18.1 Å². The molecule has 0 radical (unpaired) electrons. The number of nitrogens with one attached hydrogen (secondary N) is 9. The number of carbonyl (C=O) groups excluding carboxylic acids is 18. The monoisotopic (exact) mass is 1980 g/mol. The van der Waals surface area contributed by atoms with Gasteiger partial charge in [-0.3, -0.25) is 57.5 Å². The van der Waals surface area contributed by atoms with E-state index in [1.165, 1.54) is 14.7 Å². The van der Waals surface area contributed by atoms with Crippen molar-refractivity contribution in [3.05, 3.63) is 71.8 Å². The number of Topliss-reactive ketones (excluding diaryl/α,β-unsaturated/α-hetero) is 3. The van der Waals surface area contributed by atoms with Gasteiger partial charge < -0.3 is 94.0 Å². The van der Waals surface area contributed by atoms with E-state index in [1.54, 1.807) is 27.7 Å². The highest BCUT2D eigenvalue weighted by Gasteiger charge is 2.73. The number of piperidine rings is 3. The smallest absolute Gasteiger partial charge is 0.329 e. The van der Waals surface area contributed by atoms with E-state index in [-0.39, 0.29) is 87.4 Å². The van der Waals surface area contributed by atoms with E-state index in [4.69, 9.17) is 31.4 Å². The van der Waals surface area contributed by atoms with Crippen LogP contribution in [0.15, 0.2) is 60.7 Å². The quantitative estimate of drug-likeness (QED) is 0.0170. The molecule has 2 aromatic rings. The first-order valence-electron chi connectivity index (χ1n) is 51.2. The summed E-state index contributed by atoms with van der Waals surface area (Å²) in [6.07, 6.45) is 11.9. The van der Waals surface area contributed by atoms with Crippen LogP contribution in [-0.4, -0.2) is 219 Å². The van der Waals surface area contributed by atoms with Gasteiger partial charge in [0.15, 0.2) is 0 Å². The lowest BCUT2D eigenvalue weighted by molar-refractivity contribution is -0.154. The van der Waals surface area contributed by atoms with Crippen molar-refractivity contribution < 1.29 is 101 Å². The second-order valence-electron chi connectivity index (χ2n) is 48.5. The number of nitrogens with two attached hydrogens (primary N) is 3. The third-order valence-corrected chi connectivity index (χ3v) is 32.0. The SMILES string of the molecule is CC(C)[C@H](NC(=O)N[C@H](C(=O)N1C[C@H]2[C@@H]([C@H]1C(=O)NC(CC1CCC1)C(=O)C(N)=O)C2(C)C)C(C)(C)C)C(=O)OC1CCCC1.CC(C)[C@H](NC(=O)N[C@H](C(=O)N1C[C@H]2[C@@H]([C@H]1C(=O)NC(CC1CCC1)C(=O)C(N)=O)C2(C)C)C(C)(C)C)C(=O)O[C@H](C)c1ccccc1.C[C@H](OC(=O)[C@@H](NC(=O)N[C@H](C(=O)N1C[C@H]2[C@@H]([C@H]1C(=O)NC(CC1CCC1)C(=O)C(N)=O)C2(C)C)C(C)(C)C)C(C)(C)C)c1ccccc1. The van der Waals surface area contributed by atoms with Crippen molar-refractivity contribution in [1.82, 2.24) is 62.6 Å². The minimum absolute atomic E-state index is 0.0465. The fraction of sp³-hybridized carbons (Fsp3) is 0.717. The summed E-state index contributed by atoms with van der Waals surface area (Å²) in [6, 6.07) is 4.53. The fourth-order valence-corrected chi connectivity index (χ4v) is 21.9. The molecule has 2 aromatic carbocycles. The highest BCUT2D eigenvalue weighted by Crippen LogP contribution is 2.67. The van der Waals surface area contributed by atoms with E-state index in [1.807, 2.05) is 185 Å². The van der Waals surface area contributed by atoms with Crippen LogP contribution in [0, 0.1) is 103 Å². The van der Waals surface area contributed by atoms with Crippen molar-refractivity contribution in [2.45, 2.75) is 360 Å². The molecule has 3 saturated heterocycles. The largest absolute Gasteiger partial charge is 0.461 e. The van der Waals surface area contributed by atoms with E-state index < -0.39 is 213 Å². The lowest BCUT2D eigenvalue weighted by Crippen LogP contribution is -2.62. The Hall–Kier alpha value is -11.1. The molecule has 10 aliphatic rings. The Morgan fingerprint density at radius 2 is 0.606 bits per heavy atom. The Morgan fingerprint density at radius 1 is 0.345 bits per heavy atom. The number of esters is 3. The molecule has 3 unspecified atom stereocenters. The van der Waals surface area contributed by atoms with E-state index in [9.17, 15) is 86.3 Å². The minimum atomic E-state index is -1.11. The molecule has 12 rings (SSSR count). The zero-order valence-corrected chi connectivity index (χ0v) is 87.9. The molecule has 0 aromatic heterocycles. The molecule has 142 heavy (non-hydrogen) atoms. The van der Waals surface area contributed by atoms with Gasteiger partial charge in [0.2, 0.25) is 52.8 Å². The van der Waals surface area contributed by atoms with Crippen LogP contribution in [0.5, 0.6) is 0 Å². The van der Waals surface area contributed by atoms with Crippen LogP contribution in [0.2, 0.25) is 0 Å². The zero-order chi connectivity index (χ0) is 106. The fourth-order valence-electron chi connectivity index (χ4n) is 21.9. The summed E-state index contributed by atoms with van der Waals surface area (Å²) in [4.78, 5) is 243. The first kappa shape index (κ1) is 113. The minimum Gasteiger partial charge on any atom is -0.461 e. The maximum Gasteiger partial charge on any atom is 0.329 e. The molecule has 20 atom stereocenters. The van der Waals surface area contributed by atoms with Crippen LogP contribution >= 0.6 is 0 Å². The second kappa shape index (κ2) is 45.0. The van der Waals surface area contributed by atoms with Gasteiger partial charge in [-0.15, -0.1) is 0 Å². The number of benzene rings is 2. The average molecular weight is 1980 g/mol. The highest BCUT2D eigenvalue weighted by molar-refractivity contribution is 6.39. The number of likely N-dealkylation sites (tertiary alicyclic amines) is 3. The van der Waals surface area contributed by atoms with Crippen LogP contribution in [0.3, 0.4) is 0 Å². The van der Waals surface area contributed by atoms with Gasteiger partial charge in [-0.05, 0) is 173 Å². The van der Waals surface area contributed by atoms with E-state index in [0.717, 1.165) is 94.6 Å². The number of ketones is 3. The van der Waals surface area contributed by atoms with Crippen molar-refractivity contribution in [1.29, 1.82) is 0 Å². The number of carbonyl (C=O) groups is 18. The zero-order valence-electron chi connectivity index (χ0n) is 87.9. The van der Waals surface area contributed by atoms with Gasteiger partial charge in [-0.25, -0.2) is 28.8 Å². The normalized spacial score (nSPS) is 24.6. The molecule has 36 heteroatoms. The van der Waals surface area contributed by atoms with Crippen molar-refractivity contribution >= 4 is 107 Å². The van der Waals surface area contributed by atoms with Gasteiger partial charge in [-0.2, -0.15) is 0 Å². The predicted molar refractivity (Wildman–Crippen MR) is 529 cm³/mol. The second-order valence-corrected chi connectivity index (χ2v) is 48.5. The van der Waals surface area contributed by atoms with Crippen LogP contribution in [0.25, 0.3) is 0 Å². The number of urea groups is 3. The van der Waals surface area contributed by atoms with Crippen molar-refractivity contribution in [2.24, 2.45) is 120 Å². The molecule has 7 saturated carbocycles. The summed E-state index contributed by atoms with van der Waals surface area (Å²) < 4.78 is 17.1. The third kappa shape index (κ3) is 26.9. The Kier molecular flexibility index (Phi) is 35.8. The van der Waals surface area contributed by atoms with Gasteiger partial charge in [-0.1, -0.05) is 271 Å². The number of hydrogen-bond donors (Lipinski definition) is 12. The van der Waals surface area contributed by atoms with Crippen molar-refractivity contribution in [2.75, 3.05) is 19.6 Å². The van der Waals surface area contributed by atoms with E-state index >= 15 is 0 Å². The molecule has 7 aliphatic carbocycles. The van der Waals surface area contributed by atoms with Gasteiger partial charge in [0.1, 0.15) is 72.7 Å². The maximum atomic E-state index is 14.4. The topological polar surface area (TPSA) is 531 Å². The molecule has 3 heterocycles. The van der Waals surface area contributed by atoms with Gasteiger partial charge in [0, 0.05) is 19.6 Å². The van der Waals surface area contributed by atoms with Crippen LogP contribution in [0.1, 0.15) is 292 Å². The highest BCUT2D eigenvalue weighted by atomic mass is 16.6. The molecule has 15 N–H and O–H groups in total. The van der Waals surface area contributed by atoms with Gasteiger partial charge >= 0.3 is 36.0 Å². The molecular formula is C106H161N15O21. The molecule has 10 fully saturated rings. The summed E-state index contributed by atoms with van der Waals surface area (Å²) in [6.45, 7) is 45.6. The number of amides is 15. The number of hydrogen-bond acceptors (Lipinski definition) is 21. The molecule has 0 spiro atoms. The predicted octanol–water partition coefficient (Wildman–Crippen LogP) is 9.30. The number of fused-ring (bicyclic) bond motifs is 3. The first-order valence-corrected chi connectivity index (χ1v) is 51.2. The number of rotatable bonds is 37.